The van der Waals surface area contributed by atoms with Crippen LogP contribution in [0.25, 0.3) is 11.2 Å². The third kappa shape index (κ3) is 14.9. The van der Waals surface area contributed by atoms with E-state index in [0.29, 0.717) is 82.1 Å². The maximum Gasteiger partial charge on any atom is 0.407 e. The van der Waals surface area contributed by atoms with Crippen molar-refractivity contribution in [1.29, 1.82) is 0 Å². The molecule has 3 aromatic carbocycles. The number of benzene rings is 3. The molecule has 0 saturated carbocycles. The number of aliphatic carboxylic acids is 1. The molecule has 6 aromatic rings. The number of rotatable bonds is 25. The number of carboxylic acids is 1. The fourth-order valence-electron chi connectivity index (χ4n) is 9.95. The number of nitrogens with one attached hydrogen (secondary N) is 8. The van der Waals surface area contributed by atoms with Gasteiger partial charge < -0.3 is 72.5 Å². The standard InChI is InChI=1S/C57H63N15O13S/c1-30(63-46(75)18-16-43(52(79)80)67-47(76)17-5-31(2)64-50(77)32-6-8-33(9-7-32)61-27-36-28-62-49-48(65-36)51(78)69-54(58)68-49)4-3-22-72-29-35(70-71-72)19-23-83-56(82)60-21-20-59-55(86)66-34-10-13-40-39(24-34)53(81)85-57(40)41-14-11-37(73)25-44(41)84-45-26-38(74)12-15-42(45)57/h6-15,24-25,28-31,43,45,61,73-74H,3-5,16-23,26-27H2,1-2H3,(H,60,82)(H,63,75)(H,64,77)(H,67,76)(H,79,80)(H2,59,66,86)(H3,58,62,68,69,78)/t30-,31-,43+,45?,57?/m1/s1. The van der Waals surface area contributed by atoms with Crippen LogP contribution in [-0.2, 0) is 49.0 Å². The van der Waals surface area contributed by atoms with Gasteiger partial charge in [0.25, 0.3) is 11.5 Å². The van der Waals surface area contributed by atoms with Crippen molar-refractivity contribution in [2.45, 2.75) is 108 Å². The van der Waals surface area contributed by atoms with Crippen LogP contribution in [0.4, 0.5) is 22.1 Å². The van der Waals surface area contributed by atoms with Crippen molar-refractivity contribution in [3.05, 3.63) is 141 Å². The highest BCUT2D eigenvalue weighted by Gasteiger charge is 2.56. The number of nitrogens with two attached hydrogens (primary N) is 1. The van der Waals surface area contributed by atoms with Crippen LogP contribution in [0, 0.1) is 0 Å². The predicted molar refractivity (Wildman–Crippen MR) is 314 cm³/mol. The summed E-state index contributed by atoms with van der Waals surface area (Å²) in [5.41, 5.74) is 8.61. The molecule has 28 nitrogen and oxygen atoms in total. The van der Waals surface area contributed by atoms with Crippen LogP contribution in [0.5, 0.6) is 11.5 Å². The Morgan fingerprint density at radius 1 is 0.884 bits per heavy atom. The number of phenolic OH excluding ortho intramolecular Hbond substituents is 1. The van der Waals surface area contributed by atoms with Crippen LogP contribution in [-0.4, -0.2) is 135 Å². The second kappa shape index (κ2) is 27.0. The molecule has 13 N–H and O–H groups in total. The molecule has 0 bridgehead atoms. The molecule has 2 unspecified atom stereocenters. The fraction of sp³-hybridized carbons (Fsp3) is 0.351. The second-order valence-corrected chi connectivity index (χ2v) is 21.1. The third-order valence-corrected chi connectivity index (χ3v) is 14.5. The number of aromatic nitrogens is 7. The zero-order valence-electron chi connectivity index (χ0n) is 46.7. The Morgan fingerprint density at radius 2 is 1.63 bits per heavy atom. The van der Waals surface area contributed by atoms with Crippen molar-refractivity contribution in [1.82, 2.24) is 61.5 Å². The summed E-state index contributed by atoms with van der Waals surface area (Å²) in [5, 5.41) is 58.8. The number of H-pyrrole nitrogens is 1. The van der Waals surface area contributed by atoms with E-state index in [-0.39, 0.29) is 110 Å². The second-order valence-electron chi connectivity index (χ2n) is 20.7. The van der Waals surface area contributed by atoms with Gasteiger partial charge in [0.1, 0.15) is 23.6 Å². The average molecular weight is 1200 g/mol. The van der Waals surface area contributed by atoms with Crippen LogP contribution >= 0.6 is 12.2 Å². The maximum atomic E-state index is 13.5. The van der Waals surface area contributed by atoms with Crippen molar-refractivity contribution >= 4 is 81.6 Å². The lowest BCUT2D eigenvalue weighted by Crippen LogP contribution is -2.43. The van der Waals surface area contributed by atoms with Gasteiger partial charge in [0.15, 0.2) is 21.9 Å². The molecule has 0 radical (unpaired) electrons. The van der Waals surface area contributed by atoms with Crippen molar-refractivity contribution in [3.63, 3.8) is 0 Å². The van der Waals surface area contributed by atoms with E-state index < -0.39 is 53.3 Å². The van der Waals surface area contributed by atoms with E-state index in [4.69, 9.17) is 32.2 Å². The summed E-state index contributed by atoms with van der Waals surface area (Å²) in [4.78, 5) is 103. The monoisotopic (exact) mass is 1200 g/mol. The van der Waals surface area contributed by atoms with Gasteiger partial charge in [0.2, 0.25) is 17.8 Å². The number of carbonyl (C=O) groups excluding carboxylic acids is 5. The molecule has 29 heteroatoms. The van der Waals surface area contributed by atoms with Gasteiger partial charge in [-0.3, -0.25) is 28.8 Å². The van der Waals surface area contributed by atoms with E-state index in [1.165, 1.54) is 18.3 Å². The number of carbonyl (C=O) groups is 6. The number of nitrogens with zero attached hydrogens (tertiary/aromatic N) is 6. The van der Waals surface area contributed by atoms with E-state index >= 15 is 0 Å². The number of thiocarbonyl (C=S) groups is 1. The molecule has 1 spiro atoms. The molecular weight excluding hydrogens is 1130 g/mol. The molecule has 5 atom stereocenters. The first kappa shape index (κ1) is 60.4. The number of alkyl carbamates (subject to hydrolysis) is 1. The van der Waals surface area contributed by atoms with Gasteiger partial charge in [-0.25, -0.2) is 24.4 Å². The van der Waals surface area contributed by atoms with Gasteiger partial charge in [-0.05, 0) is 106 Å². The third-order valence-electron chi connectivity index (χ3n) is 14.2. The number of phenols is 1. The van der Waals surface area contributed by atoms with Gasteiger partial charge in [-0.1, -0.05) is 17.4 Å². The fourth-order valence-corrected chi connectivity index (χ4v) is 10.2. The summed E-state index contributed by atoms with van der Waals surface area (Å²) in [6, 6.07) is 14.4. The van der Waals surface area contributed by atoms with E-state index in [9.17, 15) is 48.9 Å². The Kier molecular flexibility index (Phi) is 19.0. The lowest BCUT2D eigenvalue weighted by molar-refractivity contribution is -0.142. The van der Waals surface area contributed by atoms with Crippen LogP contribution in [0.15, 0.2) is 101 Å². The Balaban J connectivity index is 0.606. The molecule has 4 amide bonds. The number of anilines is 3. The number of aryl methyl sites for hydroxylation is 1. The predicted octanol–water partition coefficient (Wildman–Crippen LogP) is 3.64. The number of aromatic amines is 1. The molecule has 9 rings (SSSR count). The van der Waals surface area contributed by atoms with Crippen molar-refractivity contribution < 1.29 is 58.3 Å². The normalized spacial score (nSPS) is 16.5. The Labute approximate surface area is 495 Å². The lowest BCUT2D eigenvalue weighted by atomic mass is 9.73. The summed E-state index contributed by atoms with van der Waals surface area (Å²) >= 11 is 5.47. The number of aliphatic hydroxyl groups excluding tert-OH is 1. The van der Waals surface area contributed by atoms with Crippen LogP contribution in [0.2, 0.25) is 0 Å². The van der Waals surface area contributed by atoms with Crippen molar-refractivity contribution in [2.24, 2.45) is 0 Å². The summed E-state index contributed by atoms with van der Waals surface area (Å²) in [7, 11) is 0. The van der Waals surface area contributed by atoms with Gasteiger partial charge in [-0.2, -0.15) is 4.98 Å². The Morgan fingerprint density at radius 3 is 2.43 bits per heavy atom. The van der Waals surface area contributed by atoms with Crippen molar-refractivity contribution in [2.75, 3.05) is 36.1 Å². The van der Waals surface area contributed by atoms with E-state index in [1.54, 1.807) is 78.5 Å². The number of nitrogen functional groups attached to an aromatic ring is 1. The zero-order valence-corrected chi connectivity index (χ0v) is 47.5. The van der Waals surface area contributed by atoms with Gasteiger partial charge in [-0.15, -0.1) is 5.10 Å². The molecule has 5 heterocycles. The van der Waals surface area contributed by atoms with Gasteiger partial charge >= 0.3 is 18.0 Å². The van der Waals surface area contributed by atoms with E-state index in [2.05, 4.69) is 67.5 Å². The summed E-state index contributed by atoms with van der Waals surface area (Å²) < 4.78 is 19.3. The summed E-state index contributed by atoms with van der Waals surface area (Å²) in [5.74, 6) is -2.77. The number of hydrogen-bond donors (Lipinski definition) is 12. The van der Waals surface area contributed by atoms with E-state index in [0.717, 1.165) is 0 Å². The minimum atomic E-state index is -1.33. The van der Waals surface area contributed by atoms with Crippen LogP contribution < -0.4 is 53.2 Å². The quantitative estimate of drug-likeness (QED) is 0.0221. The van der Waals surface area contributed by atoms with Crippen LogP contribution in [0.3, 0.4) is 0 Å². The molecule has 86 heavy (non-hydrogen) atoms. The molecule has 450 valence electrons. The first-order chi connectivity index (χ1) is 41.3. The Bertz CT molecular complexity index is 3700. The highest BCUT2D eigenvalue weighted by atomic mass is 32.1. The molecule has 1 aliphatic carbocycles. The van der Waals surface area contributed by atoms with E-state index in [1.807, 2.05) is 6.92 Å². The van der Waals surface area contributed by atoms with Gasteiger partial charge in [0, 0.05) is 103 Å². The average Bonchev–Trinajstić information content (AvgIpc) is 1.45. The number of allylic oxidation sites excluding steroid dienone is 2. The summed E-state index contributed by atoms with van der Waals surface area (Å²) in [6.07, 6.45) is 6.74. The lowest BCUT2D eigenvalue weighted by Gasteiger charge is -2.42. The first-order valence-electron chi connectivity index (χ1n) is 27.6. The minimum absolute atomic E-state index is 0.0230. The maximum absolute atomic E-state index is 13.5. The highest BCUT2D eigenvalue weighted by molar-refractivity contribution is 7.80. The SMILES string of the molecule is C[C@H](CCCn1cc(CCOC(=O)NCCNC(=S)Nc2ccc3c(c2)C(=O)OC32C3=CC=C(O)CC3Oc3cc(O)ccc32)nn1)NC(=O)CC[C@H](NC(=O)CC[C@@H](C)NC(=O)c1ccc(NCc2cnc3nc(N)[nH]c(=O)c3n2)cc1)C(=O)O. The molecule has 0 saturated heterocycles. The molecule has 0 fully saturated rings. The molecular formula is C57H63N15O13S. The number of hydrogen-bond acceptors (Lipinski definition) is 20. The largest absolute Gasteiger partial charge is 0.512 e. The number of esters is 1. The summed E-state index contributed by atoms with van der Waals surface area (Å²) in [6.45, 7) is 4.74. The number of carboxylic acid groups (broad SMARTS) is 1. The number of amides is 4. The van der Waals surface area contributed by atoms with Gasteiger partial charge in [0.05, 0.1) is 42.1 Å². The number of aromatic hydroxyl groups is 1. The number of aliphatic hydroxyl groups is 1. The zero-order chi connectivity index (χ0) is 61.1. The Hall–Kier alpha value is -10.2. The number of fused-ring (bicyclic) bond motifs is 7. The van der Waals surface area contributed by atoms with Crippen molar-refractivity contribution in [3.8, 4) is 11.5 Å². The molecule has 3 aromatic heterocycles. The highest BCUT2D eigenvalue weighted by Crippen LogP contribution is 2.56. The minimum Gasteiger partial charge on any atom is -0.512 e. The molecule has 3 aliphatic rings. The number of ether oxygens (including phenoxy) is 3. The smallest absolute Gasteiger partial charge is 0.407 e. The molecule has 2 aliphatic heterocycles. The topological polar surface area (TPSA) is 403 Å². The van der Waals surface area contributed by atoms with Crippen LogP contribution in [0.1, 0.15) is 102 Å². The first-order valence-corrected chi connectivity index (χ1v) is 28.0.